The van der Waals surface area contributed by atoms with Crippen LogP contribution in [0.2, 0.25) is 5.02 Å². The first-order valence-electron chi connectivity index (χ1n) is 8.36. The van der Waals surface area contributed by atoms with Crippen molar-refractivity contribution in [1.29, 1.82) is 0 Å². The number of nitro groups is 1. The summed E-state index contributed by atoms with van der Waals surface area (Å²) in [6, 6.07) is 12.9. The SMILES string of the molecule is COC(=O)c1c(NC(=O)c2ccc([N+](=O)[O-])cc2Cl)sc(C)c1-c1ccccc1. The van der Waals surface area contributed by atoms with Gasteiger partial charge < -0.3 is 10.1 Å². The molecule has 2 aromatic carbocycles. The number of methoxy groups -OCH3 is 1. The van der Waals surface area contributed by atoms with Gasteiger partial charge in [0, 0.05) is 22.6 Å². The Balaban J connectivity index is 2.02. The van der Waals surface area contributed by atoms with Crippen LogP contribution in [0, 0.1) is 17.0 Å². The Kier molecular flexibility index (Phi) is 5.95. The van der Waals surface area contributed by atoms with Gasteiger partial charge in [0.2, 0.25) is 0 Å². The van der Waals surface area contributed by atoms with Crippen molar-refractivity contribution in [1.82, 2.24) is 0 Å². The van der Waals surface area contributed by atoms with Crippen LogP contribution in [0.4, 0.5) is 10.7 Å². The highest BCUT2D eigenvalue weighted by molar-refractivity contribution is 7.17. The molecule has 1 heterocycles. The van der Waals surface area contributed by atoms with Crippen LogP contribution >= 0.6 is 22.9 Å². The molecule has 0 saturated carbocycles. The average Bonchev–Trinajstić information content (AvgIpc) is 3.03. The summed E-state index contributed by atoms with van der Waals surface area (Å²) < 4.78 is 4.92. The Morgan fingerprint density at radius 3 is 2.45 bits per heavy atom. The number of anilines is 1. The first-order valence-corrected chi connectivity index (χ1v) is 9.55. The van der Waals surface area contributed by atoms with E-state index in [1.54, 1.807) is 0 Å². The minimum absolute atomic E-state index is 0.0559. The van der Waals surface area contributed by atoms with Crippen molar-refractivity contribution in [2.75, 3.05) is 12.4 Å². The van der Waals surface area contributed by atoms with Crippen LogP contribution in [-0.2, 0) is 4.74 Å². The van der Waals surface area contributed by atoms with E-state index in [4.69, 9.17) is 16.3 Å². The van der Waals surface area contributed by atoms with Gasteiger partial charge in [0.25, 0.3) is 11.6 Å². The Morgan fingerprint density at radius 1 is 1.17 bits per heavy atom. The molecule has 9 heteroatoms. The second-order valence-corrected chi connectivity index (χ2v) is 7.60. The van der Waals surface area contributed by atoms with Crippen molar-refractivity contribution < 1.29 is 19.2 Å². The fourth-order valence-electron chi connectivity index (χ4n) is 2.85. The third kappa shape index (κ3) is 4.13. The summed E-state index contributed by atoms with van der Waals surface area (Å²) in [7, 11) is 1.27. The van der Waals surface area contributed by atoms with Gasteiger partial charge in [0.15, 0.2) is 0 Å². The maximum absolute atomic E-state index is 12.7. The molecule has 0 saturated heterocycles. The third-order valence-corrected chi connectivity index (χ3v) is 5.50. The van der Waals surface area contributed by atoms with E-state index in [1.165, 1.54) is 30.6 Å². The molecular formula is C20H15ClN2O5S. The molecule has 1 amide bonds. The number of nitrogens with zero attached hydrogens (tertiary/aromatic N) is 1. The summed E-state index contributed by atoms with van der Waals surface area (Å²) in [5.74, 6) is -1.17. The van der Waals surface area contributed by atoms with Gasteiger partial charge >= 0.3 is 5.97 Å². The van der Waals surface area contributed by atoms with Crippen molar-refractivity contribution in [3.63, 3.8) is 0 Å². The summed E-state index contributed by atoms with van der Waals surface area (Å²) in [4.78, 5) is 36.3. The van der Waals surface area contributed by atoms with E-state index in [2.05, 4.69) is 5.32 Å². The fraction of sp³-hybridized carbons (Fsp3) is 0.100. The minimum Gasteiger partial charge on any atom is -0.465 e. The molecule has 0 aliphatic heterocycles. The number of rotatable bonds is 5. The second-order valence-electron chi connectivity index (χ2n) is 5.97. The van der Waals surface area contributed by atoms with Crippen molar-refractivity contribution >= 4 is 45.5 Å². The lowest BCUT2D eigenvalue weighted by Gasteiger charge is -2.09. The number of non-ortho nitro benzene ring substituents is 1. The Labute approximate surface area is 175 Å². The van der Waals surface area contributed by atoms with Crippen LogP contribution in [-0.4, -0.2) is 23.9 Å². The lowest BCUT2D eigenvalue weighted by Crippen LogP contribution is -2.14. The van der Waals surface area contributed by atoms with E-state index in [-0.39, 0.29) is 21.8 Å². The number of nitrogens with one attached hydrogen (secondary N) is 1. The van der Waals surface area contributed by atoms with E-state index >= 15 is 0 Å². The smallest absolute Gasteiger partial charge is 0.341 e. The van der Waals surface area contributed by atoms with Gasteiger partial charge in [-0.05, 0) is 18.6 Å². The Morgan fingerprint density at radius 2 is 1.86 bits per heavy atom. The molecule has 1 aromatic heterocycles. The minimum atomic E-state index is -0.600. The molecule has 0 atom stereocenters. The van der Waals surface area contributed by atoms with Crippen molar-refractivity contribution in [3.05, 3.63) is 79.7 Å². The van der Waals surface area contributed by atoms with E-state index < -0.39 is 16.8 Å². The molecule has 0 fully saturated rings. The van der Waals surface area contributed by atoms with Crippen molar-refractivity contribution in [2.45, 2.75) is 6.92 Å². The van der Waals surface area contributed by atoms with E-state index in [9.17, 15) is 19.7 Å². The van der Waals surface area contributed by atoms with E-state index in [1.807, 2.05) is 37.3 Å². The summed E-state index contributed by atoms with van der Waals surface area (Å²) in [5.41, 5.74) is 1.57. The molecule has 3 rings (SSSR count). The van der Waals surface area contributed by atoms with Crippen LogP contribution in [0.15, 0.2) is 48.5 Å². The molecule has 0 unspecified atom stereocenters. The number of halogens is 1. The number of aryl methyl sites for hydroxylation is 1. The zero-order valence-electron chi connectivity index (χ0n) is 15.4. The first-order chi connectivity index (χ1) is 13.8. The number of nitro benzene ring substituents is 1. The molecule has 7 nitrogen and oxygen atoms in total. The monoisotopic (exact) mass is 430 g/mol. The molecule has 0 bridgehead atoms. The van der Waals surface area contributed by atoms with Crippen molar-refractivity contribution in [3.8, 4) is 11.1 Å². The summed E-state index contributed by atoms with van der Waals surface area (Å²) in [6.07, 6.45) is 0. The van der Waals surface area contributed by atoms with Gasteiger partial charge in [-0.25, -0.2) is 4.79 Å². The maximum Gasteiger partial charge on any atom is 0.341 e. The Hall–Kier alpha value is -3.23. The highest BCUT2D eigenvalue weighted by Gasteiger charge is 2.26. The molecule has 0 radical (unpaired) electrons. The number of ether oxygens (including phenoxy) is 1. The highest BCUT2D eigenvalue weighted by atomic mass is 35.5. The standard InChI is InChI=1S/C20H15ClN2O5S/c1-11-16(12-6-4-3-5-7-12)17(20(25)28-2)19(29-11)22-18(24)14-9-8-13(23(26)27)10-15(14)21/h3-10H,1-2H3,(H,22,24). The molecule has 148 valence electrons. The lowest BCUT2D eigenvalue weighted by atomic mass is 10.0. The molecule has 0 spiro atoms. The van der Waals surface area contributed by atoms with E-state index in [0.717, 1.165) is 16.5 Å². The largest absolute Gasteiger partial charge is 0.465 e. The predicted molar refractivity (Wildman–Crippen MR) is 112 cm³/mol. The zero-order chi connectivity index (χ0) is 21.1. The molecule has 3 aromatic rings. The summed E-state index contributed by atoms with van der Waals surface area (Å²) >= 11 is 7.28. The molecule has 29 heavy (non-hydrogen) atoms. The second kappa shape index (κ2) is 8.42. The topological polar surface area (TPSA) is 98.5 Å². The normalized spacial score (nSPS) is 10.4. The number of esters is 1. The molecule has 0 aliphatic carbocycles. The number of hydrogen-bond acceptors (Lipinski definition) is 6. The number of benzene rings is 2. The lowest BCUT2D eigenvalue weighted by molar-refractivity contribution is -0.384. The van der Waals surface area contributed by atoms with Gasteiger partial charge in [-0.2, -0.15) is 0 Å². The zero-order valence-corrected chi connectivity index (χ0v) is 17.0. The quantitative estimate of drug-likeness (QED) is 0.335. The number of carbonyl (C=O) groups excluding carboxylic acids is 2. The van der Waals surface area contributed by atoms with E-state index in [0.29, 0.717) is 10.6 Å². The van der Waals surface area contributed by atoms with Gasteiger partial charge in [-0.3, -0.25) is 14.9 Å². The molecule has 0 aliphatic rings. The number of thiophene rings is 1. The summed E-state index contributed by atoms with van der Waals surface area (Å²) in [6.45, 7) is 1.84. The maximum atomic E-state index is 12.7. The van der Waals surface area contributed by atoms with Gasteiger partial charge in [0.05, 0.1) is 22.6 Å². The van der Waals surface area contributed by atoms with Crippen LogP contribution < -0.4 is 5.32 Å². The Bertz CT molecular complexity index is 1110. The van der Waals surface area contributed by atoms with Crippen LogP contribution in [0.3, 0.4) is 0 Å². The first kappa shape index (κ1) is 20.5. The van der Waals surface area contributed by atoms with Crippen LogP contribution in [0.5, 0.6) is 0 Å². The summed E-state index contributed by atoms with van der Waals surface area (Å²) in [5, 5.41) is 13.8. The van der Waals surface area contributed by atoms with Gasteiger partial charge in [-0.1, -0.05) is 41.9 Å². The van der Waals surface area contributed by atoms with Crippen LogP contribution in [0.25, 0.3) is 11.1 Å². The average molecular weight is 431 g/mol. The fourth-order valence-corrected chi connectivity index (χ4v) is 4.17. The number of amides is 1. The van der Waals surface area contributed by atoms with Crippen molar-refractivity contribution in [2.24, 2.45) is 0 Å². The molecule has 1 N–H and O–H groups in total. The van der Waals surface area contributed by atoms with Gasteiger partial charge in [-0.15, -0.1) is 11.3 Å². The van der Waals surface area contributed by atoms with Gasteiger partial charge in [0.1, 0.15) is 10.6 Å². The predicted octanol–water partition coefficient (Wildman–Crippen LogP) is 5.32. The van der Waals surface area contributed by atoms with Crippen LogP contribution in [0.1, 0.15) is 25.6 Å². The number of carbonyl (C=O) groups is 2. The third-order valence-electron chi connectivity index (χ3n) is 4.17. The molecular weight excluding hydrogens is 416 g/mol. The highest BCUT2D eigenvalue weighted by Crippen LogP contribution is 2.40. The number of hydrogen-bond donors (Lipinski definition) is 1.